The van der Waals surface area contributed by atoms with Crippen molar-refractivity contribution in [1.82, 2.24) is 9.88 Å². The molecule has 0 bridgehead atoms. The summed E-state index contributed by atoms with van der Waals surface area (Å²) in [7, 11) is 2.06. The van der Waals surface area contributed by atoms with Gasteiger partial charge in [0, 0.05) is 18.4 Å². The fourth-order valence-electron chi connectivity index (χ4n) is 3.64. The van der Waals surface area contributed by atoms with Gasteiger partial charge in [-0.2, -0.15) is 5.10 Å². The summed E-state index contributed by atoms with van der Waals surface area (Å²) in [5.74, 6) is 1.25. The Kier molecular flexibility index (Phi) is 14.3. The molecule has 3 rings (SSSR count). The van der Waals surface area contributed by atoms with Gasteiger partial charge in [-0.1, -0.05) is 89.1 Å². The Bertz CT molecular complexity index is 1160. The second-order valence-electron chi connectivity index (χ2n) is 9.89. The average molecular weight is 546 g/mol. The van der Waals surface area contributed by atoms with Crippen LogP contribution in [-0.4, -0.2) is 47.8 Å². The van der Waals surface area contributed by atoms with E-state index in [-0.39, 0.29) is 0 Å². The quantitative estimate of drug-likeness (QED) is 0.146. The summed E-state index contributed by atoms with van der Waals surface area (Å²) in [6.45, 7) is 16.8. The smallest absolute Gasteiger partial charge is 0.271 e. The first-order valence-corrected chi connectivity index (χ1v) is 14.2. The van der Waals surface area contributed by atoms with Gasteiger partial charge >= 0.3 is 0 Å². The Morgan fingerprint density at radius 3 is 2.72 bits per heavy atom. The van der Waals surface area contributed by atoms with Crippen LogP contribution in [0.5, 0.6) is 0 Å². The predicted molar refractivity (Wildman–Crippen MR) is 171 cm³/mol. The van der Waals surface area contributed by atoms with Gasteiger partial charge in [0.05, 0.1) is 23.7 Å². The van der Waals surface area contributed by atoms with E-state index in [2.05, 4.69) is 93.0 Å². The number of nitrogens with zero attached hydrogens (tertiary/aromatic N) is 5. The Balaban J connectivity index is 0.000000446. The first-order valence-electron chi connectivity index (χ1n) is 13.8. The first kappa shape index (κ1) is 32.0. The lowest BCUT2D eigenvalue weighted by Gasteiger charge is -2.29. The average Bonchev–Trinajstić information content (AvgIpc) is 3.42. The van der Waals surface area contributed by atoms with Crippen LogP contribution in [0.25, 0.3) is 6.08 Å². The predicted octanol–water partition coefficient (Wildman–Crippen LogP) is 7.24. The molecule has 39 heavy (non-hydrogen) atoms. The minimum absolute atomic E-state index is 0.482. The van der Waals surface area contributed by atoms with Crippen molar-refractivity contribution in [3.8, 4) is 0 Å². The molecule has 1 radical (unpaired) electrons. The number of rotatable bonds is 10. The van der Waals surface area contributed by atoms with Crippen LogP contribution in [0.4, 0.5) is 0 Å². The molecule has 8 heteroatoms. The number of hydrogen-bond donors (Lipinski definition) is 1. The molecule has 0 fully saturated rings. The van der Waals surface area contributed by atoms with Crippen LogP contribution in [0, 0.1) is 11.8 Å². The lowest BCUT2D eigenvalue weighted by atomic mass is 9.67. The van der Waals surface area contributed by atoms with Crippen LogP contribution in [0.15, 0.2) is 87.3 Å². The molecule has 6 nitrogen and oxygen atoms in total. The van der Waals surface area contributed by atoms with Gasteiger partial charge in [0.25, 0.3) is 7.28 Å². The van der Waals surface area contributed by atoms with Crippen LogP contribution in [0.3, 0.4) is 0 Å². The number of hydrogen-bond acceptors (Lipinski definition) is 6. The molecule has 2 aliphatic rings. The summed E-state index contributed by atoms with van der Waals surface area (Å²) < 4.78 is 0. The third-order valence-corrected chi connectivity index (χ3v) is 6.98. The van der Waals surface area contributed by atoms with Crippen LogP contribution >= 0.6 is 11.6 Å². The number of allylic oxidation sites excluding steroid dienone is 5. The van der Waals surface area contributed by atoms with Crippen LogP contribution in [0.1, 0.15) is 66.0 Å². The Morgan fingerprint density at radius 1 is 1.26 bits per heavy atom. The molecular weight excluding hydrogens is 503 g/mol. The zero-order valence-electron chi connectivity index (χ0n) is 24.1. The third-order valence-electron chi connectivity index (χ3n) is 6.77. The normalized spacial score (nSPS) is 17.7. The van der Waals surface area contributed by atoms with Gasteiger partial charge in [-0.25, -0.2) is 4.98 Å². The van der Waals surface area contributed by atoms with Crippen molar-refractivity contribution in [1.29, 1.82) is 0 Å². The van der Waals surface area contributed by atoms with Crippen molar-refractivity contribution in [2.45, 2.75) is 60.3 Å². The zero-order valence-corrected chi connectivity index (χ0v) is 24.9. The summed E-state index contributed by atoms with van der Waals surface area (Å²) in [4.78, 5) is 11.0. The van der Waals surface area contributed by atoms with Crippen molar-refractivity contribution < 1.29 is 0 Å². The standard InChI is InChI=1S/C24H36BN4.C7H7ClN2/c1-7-18(4)11-10-12-21(9-3)23-25-24(28-27-23)29-16-14-20(6)22(17-29)26-15-13-19(5)8-2;8-7-3-1-2-6(10-7)4-5-9/h9-12,15,18-19H,3,7-8,13-14,16-17H2,1-2,4-6H3;1-5H,9H2/b11-10-,21-12+,26-15?;5-4-. The van der Waals surface area contributed by atoms with Gasteiger partial charge < -0.3 is 10.6 Å². The highest BCUT2D eigenvalue weighted by Crippen LogP contribution is 2.21. The lowest BCUT2D eigenvalue weighted by molar-refractivity contribution is 0.434. The monoisotopic (exact) mass is 545 g/mol. The number of pyridine rings is 1. The first-order chi connectivity index (χ1) is 18.8. The molecule has 2 unspecified atom stereocenters. The van der Waals surface area contributed by atoms with Gasteiger partial charge in [-0.05, 0) is 67.2 Å². The molecule has 2 N–H and O–H groups in total. The Hall–Kier alpha value is -3.19. The van der Waals surface area contributed by atoms with Gasteiger partial charge in [-0.15, -0.1) is 5.10 Å². The van der Waals surface area contributed by atoms with Crippen molar-refractivity contribution in [3.05, 3.63) is 83.0 Å². The van der Waals surface area contributed by atoms with Crippen LogP contribution in [-0.2, 0) is 0 Å². The van der Waals surface area contributed by atoms with E-state index in [9.17, 15) is 0 Å². The molecule has 3 heterocycles. The summed E-state index contributed by atoms with van der Waals surface area (Å²) in [5.41, 5.74) is 11.3. The number of aromatic nitrogens is 1. The van der Waals surface area contributed by atoms with Gasteiger partial charge in [0.15, 0.2) is 0 Å². The molecule has 1 aromatic heterocycles. The molecule has 0 saturated heterocycles. The van der Waals surface area contributed by atoms with E-state index in [4.69, 9.17) is 22.3 Å². The van der Waals surface area contributed by atoms with Crippen molar-refractivity contribution >= 4 is 42.5 Å². The molecular formula is C31H43BClN6. The minimum Gasteiger partial charge on any atom is -0.405 e. The van der Waals surface area contributed by atoms with Crippen LogP contribution in [0.2, 0.25) is 5.15 Å². The molecule has 0 aliphatic carbocycles. The van der Waals surface area contributed by atoms with E-state index < -0.39 is 0 Å². The van der Waals surface area contributed by atoms with Gasteiger partial charge in [0.2, 0.25) is 0 Å². The minimum atomic E-state index is 0.482. The van der Waals surface area contributed by atoms with E-state index in [1.54, 1.807) is 12.1 Å². The van der Waals surface area contributed by atoms with Gasteiger partial charge in [-0.3, -0.25) is 4.99 Å². The van der Waals surface area contributed by atoms with Crippen molar-refractivity contribution in [2.75, 3.05) is 13.1 Å². The Morgan fingerprint density at radius 2 is 2.05 bits per heavy atom. The highest BCUT2D eigenvalue weighted by Gasteiger charge is 2.25. The van der Waals surface area contributed by atoms with Crippen molar-refractivity contribution in [3.63, 3.8) is 0 Å². The van der Waals surface area contributed by atoms with E-state index in [0.717, 1.165) is 55.0 Å². The summed E-state index contributed by atoms with van der Waals surface area (Å²) in [6.07, 6.45) is 17.8. The zero-order chi connectivity index (χ0) is 28.6. The second kappa shape index (κ2) is 17.4. The summed E-state index contributed by atoms with van der Waals surface area (Å²) >= 11 is 5.59. The number of aliphatic imine (C=N–C) groups is 1. The molecule has 0 amide bonds. The molecule has 1 aromatic rings. The fraction of sp³-hybridized carbons (Fsp3) is 0.419. The summed E-state index contributed by atoms with van der Waals surface area (Å²) in [6, 6.07) is 5.37. The van der Waals surface area contributed by atoms with Gasteiger partial charge in [0.1, 0.15) is 5.15 Å². The molecule has 2 atom stereocenters. The van der Waals surface area contributed by atoms with Crippen LogP contribution < -0.4 is 5.73 Å². The fourth-order valence-corrected chi connectivity index (χ4v) is 3.81. The maximum atomic E-state index is 5.59. The van der Waals surface area contributed by atoms with Crippen molar-refractivity contribution in [2.24, 2.45) is 32.8 Å². The number of halogens is 1. The molecule has 0 spiro atoms. The lowest BCUT2D eigenvalue weighted by Crippen LogP contribution is -2.40. The number of nitrogens with two attached hydrogens (primary N) is 1. The highest BCUT2D eigenvalue weighted by atomic mass is 35.5. The second-order valence-corrected chi connectivity index (χ2v) is 10.3. The molecule has 0 saturated carbocycles. The number of amidine groups is 1. The molecule has 2 aliphatic heterocycles. The SMILES string of the molecule is C=C/C(=C\C=C/C(C)CC)C1=NN=C(N2CCC(C)=C(N=CCC(C)CC)C2)[B]1.N/C=C\c1cccc(Cl)n1. The third kappa shape index (κ3) is 11.2. The molecule has 207 valence electrons. The Labute approximate surface area is 241 Å². The maximum absolute atomic E-state index is 5.59. The molecule has 0 aromatic carbocycles. The summed E-state index contributed by atoms with van der Waals surface area (Å²) in [5, 5.41) is 9.32. The van der Waals surface area contributed by atoms with E-state index >= 15 is 0 Å². The topological polar surface area (TPSA) is 79.2 Å². The largest absolute Gasteiger partial charge is 0.405 e. The van der Waals surface area contributed by atoms with E-state index in [1.807, 2.05) is 18.2 Å². The van der Waals surface area contributed by atoms with E-state index in [0.29, 0.717) is 17.0 Å². The van der Waals surface area contributed by atoms with E-state index in [1.165, 1.54) is 23.9 Å². The highest BCUT2D eigenvalue weighted by molar-refractivity contribution is 7.01. The maximum Gasteiger partial charge on any atom is 0.271 e.